The fourth-order valence-corrected chi connectivity index (χ4v) is 2.93. The van der Waals surface area contributed by atoms with E-state index in [4.69, 9.17) is 9.84 Å². The van der Waals surface area contributed by atoms with E-state index in [9.17, 15) is 9.59 Å². The minimum absolute atomic E-state index is 0.135. The van der Waals surface area contributed by atoms with Crippen LogP contribution in [0.2, 0.25) is 0 Å². The maximum atomic E-state index is 12.3. The number of nitrogens with zero attached hydrogens (tertiary/aromatic N) is 1. The Balaban J connectivity index is 1.67. The van der Waals surface area contributed by atoms with Crippen LogP contribution >= 0.6 is 0 Å². The van der Waals surface area contributed by atoms with Crippen molar-refractivity contribution in [2.24, 2.45) is 5.92 Å². The van der Waals surface area contributed by atoms with Gasteiger partial charge in [0.25, 0.3) is 0 Å². The molecule has 3 atom stereocenters. The first-order valence-electron chi connectivity index (χ1n) is 7.10. The molecule has 2 N–H and O–H groups in total. The van der Waals surface area contributed by atoms with Crippen LogP contribution in [0.5, 0.6) is 5.75 Å². The normalized spacial score (nSPS) is 27.1. The summed E-state index contributed by atoms with van der Waals surface area (Å²) in [6, 6.07) is 7.21. The summed E-state index contributed by atoms with van der Waals surface area (Å²) >= 11 is 0. The number of fused-ring (bicyclic) bond motifs is 1. The first kappa shape index (κ1) is 13.7. The number of carbonyl (C=O) groups is 2. The summed E-state index contributed by atoms with van der Waals surface area (Å²) in [5.74, 6) is -0.506. The molecule has 2 aliphatic rings. The van der Waals surface area contributed by atoms with Crippen molar-refractivity contribution >= 4 is 12.0 Å². The van der Waals surface area contributed by atoms with Crippen molar-refractivity contribution in [3.8, 4) is 5.75 Å². The molecule has 1 fully saturated rings. The molecule has 0 spiro atoms. The zero-order chi connectivity index (χ0) is 15.0. The quantitative estimate of drug-likeness (QED) is 0.867. The highest BCUT2D eigenvalue weighted by Gasteiger charge is 2.36. The number of para-hydroxylation sites is 1. The van der Waals surface area contributed by atoms with Gasteiger partial charge in [0.15, 0.2) is 0 Å². The average molecular weight is 290 g/mol. The summed E-state index contributed by atoms with van der Waals surface area (Å²) in [6.07, 6.45) is 0.375. The Morgan fingerprint density at radius 1 is 1.38 bits per heavy atom. The summed E-state index contributed by atoms with van der Waals surface area (Å²) < 4.78 is 5.71. The van der Waals surface area contributed by atoms with Gasteiger partial charge in [-0.2, -0.15) is 0 Å². The Bertz CT molecular complexity index is 575. The number of aliphatic carboxylic acids is 1. The molecule has 0 aromatic heterocycles. The van der Waals surface area contributed by atoms with Gasteiger partial charge in [0.05, 0.1) is 12.0 Å². The standard InChI is InChI=1S/C15H18N2O4/c1-9-13(11-4-2-3-5-12(11)21-9)16-15(20)17-7-6-10(8-17)14(18)19/h2-5,9-10,13H,6-8H2,1H3,(H,16,20)(H,18,19). The Hall–Kier alpha value is -2.24. The van der Waals surface area contributed by atoms with E-state index in [1.165, 1.54) is 0 Å². The van der Waals surface area contributed by atoms with Crippen molar-refractivity contribution in [2.75, 3.05) is 13.1 Å². The van der Waals surface area contributed by atoms with E-state index in [0.29, 0.717) is 13.0 Å². The van der Waals surface area contributed by atoms with Gasteiger partial charge in [-0.3, -0.25) is 4.79 Å². The van der Waals surface area contributed by atoms with Crippen molar-refractivity contribution in [2.45, 2.75) is 25.5 Å². The van der Waals surface area contributed by atoms with Gasteiger partial charge in [-0.1, -0.05) is 18.2 Å². The molecule has 6 nitrogen and oxygen atoms in total. The minimum Gasteiger partial charge on any atom is -0.488 e. The number of benzene rings is 1. The number of urea groups is 1. The Kier molecular flexibility index (Phi) is 3.45. The molecule has 2 heterocycles. The Labute approximate surface area is 122 Å². The van der Waals surface area contributed by atoms with Gasteiger partial charge in [0.1, 0.15) is 11.9 Å². The summed E-state index contributed by atoms with van der Waals surface area (Å²) in [6.45, 7) is 2.66. The number of carboxylic acids is 1. The molecule has 0 aliphatic carbocycles. The highest BCUT2D eigenvalue weighted by molar-refractivity contribution is 5.78. The van der Waals surface area contributed by atoms with Crippen LogP contribution in [0.4, 0.5) is 4.79 Å². The first-order chi connectivity index (χ1) is 10.1. The van der Waals surface area contributed by atoms with Crippen molar-refractivity contribution in [3.05, 3.63) is 29.8 Å². The summed E-state index contributed by atoms with van der Waals surface area (Å²) in [4.78, 5) is 24.8. The molecular formula is C15H18N2O4. The molecule has 6 heteroatoms. The number of hydrogen-bond acceptors (Lipinski definition) is 3. The second-order valence-corrected chi connectivity index (χ2v) is 5.56. The smallest absolute Gasteiger partial charge is 0.318 e. The number of hydrogen-bond donors (Lipinski definition) is 2. The average Bonchev–Trinajstić information content (AvgIpc) is 3.05. The lowest BCUT2D eigenvalue weighted by atomic mass is 10.1. The number of ether oxygens (including phenoxy) is 1. The predicted octanol–water partition coefficient (Wildman–Crippen LogP) is 1.62. The molecule has 112 valence electrons. The van der Waals surface area contributed by atoms with Crippen LogP contribution in [0.25, 0.3) is 0 Å². The third-order valence-electron chi connectivity index (χ3n) is 4.14. The zero-order valence-corrected chi connectivity index (χ0v) is 11.8. The topological polar surface area (TPSA) is 78.9 Å². The van der Waals surface area contributed by atoms with Crippen molar-refractivity contribution in [1.29, 1.82) is 0 Å². The second kappa shape index (κ2) is 5.27. The van der Waals surface area contributed by atoms with Crippen molar-refractivity contribution < 1.29 is 19.4 Å². The molecule has 1 saturated heterocycles. The van der Waals surface area contributed by atoms with Crippen molar-refractivity contribution in [3.63, 3.8) is 0 Å². The molecule has 2 amide bonds. The van der Waals surface area contributed by atoms with Crippen LogP contribution in [0.1, 0.15) is 24.9 Å². The molecule has 1 aromatic rings. The zero-order valence-electron chi connectivity index (χ0n) is 11.8. The van der Waals surface area contributed by atoms with Gasteiger partial charge in [-0.05, 0) is 19.4 Å². The molecule has 0 saturated carbocycles. The number of rotatable bonds is 2. The van der Waals surface area contributed by atoms with Crippen LogP contribution in [-0.4, -0.2) is 41.2 Å². The van der Waals surface area contributed by atoms with Gasteiger partial charge in [0, 0.05) is 18.7 Å². The Morgan fingerprint density at radius 3 is 2.86 bits per heavy atom. The predicted molar refractivity (Wildman–Crippen MR) is 75.1 cm³/mol. The van der Waals surface area contributed by atoms with Crippen LogP contribution in [-0.2, 0) is 4.79 Å². The highest BCUT2D eigenvalue weighted by Crippen LogP contribution is 2.36. The monoisotopic (exact) mass is 290 g/mol. The number of nitrogens with one attached hydrogen (secondary N) is 1. The maximum absolute atomic E-state index is 12.3. The fourth-order valence-electron chi connectivity index (χ4n) is 2.93. The van der Waals surface area contributed by atoms with Crippen LogP contribution in [0.3, 0.4) is 0 Å². The molecule has 21 heavy (non-hydrogen) atoms. The number of likely N-dealkylation sites (tertiary alicyclic amines) is 1. The largest absolute Gasteiger partial charge is 0.488 e. The number of amides is 2. The summed E-state index contributed by atoms with van der Waals surface area (Å²) in [5.41, 5.74) is 0.965. The van der Waals surface area contributed by atoms with Gasteiger partial charge in [-0.25, -0.2) is 4.79 Å². The third-order valence-corrected chi connectivity index (χ3v) is 4.14. The maximum Gasteiger partial charge on any atom is 0.318 e. The third kappa shape index (κ3) is 2.53. The summed E-state index contributed by atoms with van der Waals surface area (Å²) in [7, 11) is 0. The van der Waals surface area contributed by atoms with E-state index in [2.05, 4.69) is 5.32 Å². The molecule has 3 rings (SSSR count). The van der Waals surface area contributed by atoms with E-state index in [-0.39, 0.29) is 24.7 Å². The van der Waals surface area contributed by atoms with E-state index in [1.54, 1.807) is 4.90 Å². The number of carbonyl (C=O) groups excluding carboxylic acids is 1. The minimum atomic E-state index is -0.840. The fraction of sp³-hybridized carbons (Fsp3) is 0.467. The highest BCUT2D eigenvalue weighted by atomic mass is 16.5. The molecule has 3 unspecified atom stereocenters. The van der Waals surface area contributed by atoms with Gasteiger partial charge >= 0.3 is 12.0 Å². The SMILES string of the molecule is CC1Oc2ccccc2C1NC(=O)N1CCC(C(=O)O)C1. The first-order valence-corrected chi connectivity index (χ1v) is 7.10. The van der Waals surface area contributed by atoms with Crippen LogP contribution in [0, 0.1) is 5.92 Å². The van der Waals surface area contributed by atoms with Gasteiger partial charge in [0.2, 0.25) is 0 Å². The van der Waals surface area contributed by atoms with E-state index < -0.39 is 11.9 Å². The lowest BCUT2D eigenvalue weighted by Crippen LogP contribution is -2.43. The van der Waals surface area contributed by atoms with E-state index in [1.807, 2.05) is 31.2 Å². The molecular weight excluding hydrogens is 272 g/mol. The van der Waals surface area contributed by atoms with Crippen molar-refractivity contribution in [1.82, 2.24) is 10.2 Å². The summed E-state index contributed by atoms with van der Waals surface area (Å²) in [5, 5.41) is 11.9. The Morgan fingerprint density at radius 2 is 2.14 bits per heavy atom. The van der Waals surface area contributed by atoms with Crippen LogP contribution < -0.4 is 10.1 Å². The second-order valence-electron chi connectivity index (χ2n) is 5.56. The lowest BCUT2D eigenvalue weighted by Gasteiger charge is -2.22. The molecule has 1 aromatic carbocycles. The van der Waals surface area contributed by atoms with E-state index in [0.717, 1.165) is 11.3 Å². The molecule has 2 aliphatic heterocycles. The lowest BCUT2D eigenvalue weighted by molar-refractivity contribution is -0.141. The number of carboxylic acid groups (broad SMARTS) is 1. The molecule has 0 radical (unpaired) electrons. The van der Waals surface area contributed by atoms with Crippen LogP contribution in [0.15, 0.2) is 24.3 Å². The molecule has 0 bridgehead atoms. The van der Waals surface area contributed by atoms with E-state index >= 15 is 0 Å². The van der Waals surface area contributed by atoms with Gasteiger partial charge < -0.3 is 20.1 Å². The van der Waals surface area contributed by atoms with Gasteiger partial charge in [-0.15, -0.1) is 0 Å².